The van der Waals surface area contributed by atoms with Crippen LogP contribution in [-0.4, -0.2) is 7.11 Å². The third kappa shape index (κ3) is 3.28. The Morgan fingerprint density at radius 2 is 1.70 bits per heavy atom. The Morgan fingerprint density at radius 3 is 2.25 bits per heavy atom. The first kappa shape index (κ1) is 15.2. The van der Waals surface area contributed by atoms with Crippen molar-refractivity contribution in [1.29, 1.82) is 0 Å². The Balaban J connectivity index is 2.26. The van der Waals surface area contributed by atoms with Crippen molar-refractivity contribution in [3.8, 4) is 5.75 Å². The van der Waals surface area contributed by atoms with Crippen LogP contribution in [0.3, 0.4) is 0 Å². The van der Waals surface area contributed by atoms with Crippen LogP contribution < -0.4 is 4.74 Å². The normalized spacial score (nSPS) is 12.2. The molecule has 0 amide bonds. The van der Waals surface area contributed by atoms with Crippen LogP contribution in [0.2, 0.25) is 5.02 Å². The number of hydrogen-bond acceptors (Lipinski definition) is 1. The van der Waals surface area contributed by atoms with E-state index in [0.717, 1.165) is 33.0 Å². The molecule has 1 atom stereocenters. The van der Waals surface area contributed by atoms with Crippen LogP contribution in [0.4, 0.5) is 0 Å². The lowest BCUT2D eigenvalue weighted by atomic mass is 9.99. The third-order valence-electron chi connectivity index (χ3n) is 3.41. The van der Waals surface area contributed by atoms with Crippen LogP contribution in [0.15, 0.2) is 36.4 Å². The topological polar surface area (TPSA) is 9.23 Å². The summed E-state index contributed by atoms with van der Waals surface area (Å²) >= 11 is 12.7. The van der Waals surface area contributed by atoms with Gasteiger partial charge >= 0.3 is 0 Å². The number of benzene rings is 2. The minimum atomic E-state index is -0.0989. The number of halogens is 2. The summed E-state index contributed by atoms with van der Waals surface area (Å²) in [4.78, 5) is 0. The van der Waals surface area contributed by atoms with E-state index >= 15 is 0 Å². The molecule has 0 aromatic heterocycles. The highest BCUT2D eigenvalue weighted by molar-refractivity contribution is 6.31. The smallest absolute Gasteiger partial charge is 0.124 e. The predicted molar refractivity (Wildman–Crippen MR) is 86.2 cm³/mol. The van der Waals surface area contributed by atoms with Crippen molar-refractivity contribution in [2.45, 2.75) is 25.6 Å². The molecule has 1 nitrogen and oxygen atoms in total. The van der Waals surface area contributed by atoms with Crippen LogP contribution in [0.1, 0.15) is 27.6 Å². The molecule has 106 valence electrons. The molecule has 2 aromatic carbocycles. The van der Waals surface area contributed by atoms with Crippen molar-refractivity contribution in [2.24, 2.45) is 0 Å². The summed E-state index contributed by atoms with van der Waals surface area (Å²) in [5.74, 6) is 0.926. The van der Waals surface area contributed by atoms with E-state index in [1.165, 1.54) is 0 Å². The zero-order valence-electron chi connectivity index (χ0n) is 11.9. The third-order valence-corrected chi connectivity index (χ3v) is 4.18. The number of ether oxygens (including phenoxy) is 1. The lowest BCUT2D eigenvalue weighted by Gasteiger charge is -2.15. The van der Waals surface area contributed by atoms with Gasteiger partial charge in [-0.15, -0.1) is 11.6 Å². The van der Waals surface area contributed by atoms with E-state index in [1.807, 2.05) is 38.1 Å². The van der Waals surface area contributed by atoms with Crippen molar-refractivity contribution in [3.05, 3.63) is 63.7 Å². The van der Waals surface area contributed by atoms with Gasteiger partial charge in [-0.1, -0.05) is 41.9 Å². The highest BCUT2D eigenvalue weighted by atomic mass is 35.5. The lowest BCUT2D eigenvalue weighted by molar-refractivity contribution is 0.408. The molecule has 2 rings (SSSR count). The fourth-order valence-corrected chi connectivity index (χ4v) is 2.97. The van der Waals surface area contributed by atoms with E-state index in [2.05, 4.69) is 12.1 Å². The predicted octanol–water partition coefficient (Wildman–Crippen LogP) is 5.49. The molecule has 0 aliphatic rings. The summed E-state index contributed by atoms with van der Waals surface area (Å²) < 4.78 is 5.38. The van der Waals surface area contributed by atoms with Crippen LogP contribution in [0.5, 0.6) is 5.75 Å². The van der Waals surface area contributed by atoms with Crippen molar-refractivity contribution in [3.63, 3.8) is 0 Å². The summed E-state index contributed by atoms with van der Waals surface area (Å²) in [5.41, 5.74) is 4.38. The Labute approximate surface area is 130 Å². The fraction of sp³-hybridized carbons (Fsp3) is 0.294. The zero-order valence-corrected chi connectivity index (χ0v) is 13.4. The first-order valence-corrected chi connectivity index (χ1v) is 7.37. The van der Waals surface area contributed by atoms with Crippen LogP contribution >= 0.6 is 23.2 Å². The Kier molecular flexibility index (Phi) is 4.95. The molecule has 0 fully saturated rings. The average Bonchev–Trinajstić information content (AvgIpc) is 2.41. The summed E-state index contributed by atoms with van der Waals surface area (Å²) in [6.45, 7) is 4.07. The molecule has 3 heteroatoms. The van der Waals surface area contributed by atoms with Gasteiger partial charge in [-0.05, 0) is 48.6 Å². The summed E-state index contributed by atoms with van der Waals surface area (Å²) in [6.07, 6.45) is 0.715. The molecule has 0 aliphatic heterocycles. The van der Waals surface area contributed by atoms with Gasteiger partial charge < -0.3 is 4.74 Å². The molecule has 0 radical (unpaired) electrons. The van der Waals surface area contributed by atoms with Crippen LogP contribution in [-0.2, 0) is 6.42 Å². The molecule has 0 heterocycles. The Morgan fingerprint density at radius 1 is 1.10 bits per heavy atom. The fourth-order valence-electron chi connectivity index (χ4n) is 2.46. The second kappa shape index (κ2) is 6.51. The number of rotatable bonds is 4. The molecule has 1 unspecified atom stereocenters. The summed E-state index contributed by atoms with van der Waals surface area (Å²) in [6, 6.07) is 12.0. The largest absolute Gasteiger partial charge is 0.496 e. The quantitative estimate of drug-likeness (QED) is 0.679. The van der Waals surface area contributed by atoms with Crippen LogP contribution in [0, 0.1) is 13.8 Å². The van der Waals surface area contributed by atoms with E-state index < -0.39 is 0 Å². The van der Waals surface area contributed by atoms with Gasteiger partial charge in [0.15, 0.2) is 0 Å². The minimum Gasteiger partial charge on any atom is -0.496 e. The van der Waals surface area contributed by atoms with Crippen molar-refractivity contribution < 1.29 is 4.74 Å². The second-order valence-electron chi connectivity index (χ2n) is 4.95. The molecule has 0 saturated heterocycles. The molecule has 0 saturated carbocycles. The molecule has 0 N–H and O–H groups in total. The van der Waals surface area contributed by atoms with Gasteiger partial charge in [-0.3, -0.25) is 0 Å². The first-order chi connectivity index (χ1) is 9.52. The lowest BCUT2D eigenvalue weighted by Crippen LogP contribution is -2.00. The molecular weight excluding hydrogens is 291 g/mol. The SMILES string of the molecule is COc1c(C)cc(C(Cl)Cc2ccccc2Cl)cc1C. The number of hydrogen-bond donors (Lipinski definition) is 0. The average molecular weight is 309 g/mol. The van der Waals surface area contributed by atoms with Gasteiger partial charge in [0, 0.05) is 5.02 Å². The maximum atomic E-state index is 6.55. The molecule has 2 aromatic rings. The van der Waals surface area contributed by atoms with Gasteiger partial charge in [0.2, 0.25) is 0 Å². The standard InChI is InChI=1S/C17H18Cl2O/c1-11-8-14(9-12(2)17(11)20-3)16(19)10-13-6-4-5-7-15(13)18/h4-9,16H,10H2,1-3H3. The van der Waals surface area contributed by atoms with E-state index in [4.69, 9.17) is 27.9 Å². The monoisotopic (exact) mass is 308 g/mol. The second-order valence-corrected chi connectivity index (χ2v) is 5.89. The molecule has 0 spiro atoms. The molecular formula is C17H18Cl2O. The Hall–Kier alpha value is -1.18. The minimum absolute atomic E-state index is 0.0989. The van der Waals surface area contributed by atoms with E-state index in [-0.39, 0.29) is 5.38 Å². The first-order valence-electron chi connectivity index (χ1n) is 6.55. The Bertz CT molecular complexity index is 585. The maximum absolute atomic E-state index is 6.55. The highest BCUT2D eigenvalue weighted by Crippen LogP contribution is 2.33. The van der Waals surface area contributed by atoms with Gasteiger partial charge in [-0.2, -0.15) is 0 Å². The van der Waals surface area contributed by atoms with E-state index in [9.17, 15) is 0 Å². The van der Waals surface area contributed by atoms with E-state index in [1.54, 1.807) is 7.11 Å². The van der Waals surface area contributed by atoms with Crippen molar-refractivity contribution in [1.82, 2.24) is 0 Å². The zero-order chi connectivity index (χ0) is 14.7. The molecule has 20 heavy (non-hydrogen) atoms. The van der Waals surface area contributed by atoms with Gasteiger partial charge in [0.05, 0.1) is 12.5 Å². The highest BCUT2D eigenvalue weighted by Gasteiger charge is 2.14. The number of alkyl halides is 1. The van der Waals surface area contributed by atoms with Gasteiger partial charge in [0.1, 0.15) is 5.75 Å². The van der Waals surface area contributed by atoms with Gasteiger partial charge in [0.25, 0.3) is 0 Å². The maximum Gasteiger partial charge on any atom is 0.124 e. The van der Waals surface area contributed by atoms with Crippen molar-refractivity contribution >= 4 is 23.2 Å². The number of methoxy groups -OCH3 is 1. The summed E-state index contributed by atoms with van der Waals surface area (Å²) in [7, 11) is 1.69. The molecule has 0 aliphatic carbocycles. The van der Waals surface area contributed by atoms with Gasteiger partial charge in [-0.25, -0.2) is 0 Å². The summed E-state index contributed by atoms with van der Waals surface area (Å²) in [5, 5.41) is 0.665. The molecule has 0 bridgehead atoms. The van der Waals surface area contributed by atoms with Crippen LogP contribution in [0.25, 0.3) is 0 Å². The van der Waals surface area contributed by atoms with Crippen molar-refractivity contribution in [2.75, 3.05) is 7.11 Å². The van der Waals surface area contributed by atoms with E-state index in [0.29, 0.717) is 6.42 Å². The number of aryl methyl sites for hydroxylation is 2.